The van der Waals surface area contributed by atoms with Gasteiger partial charge in [-0.05, 0) is 44.5 Å². The fourth-order valence-electron chi connectivity index (χ4n) is 2.34. The van der Waals surface area contributed by atoms with E-state index in [1.807, 2.05) is 25.1 Å². The molecule has 0 heterocycles. The van der Waals surface area contributed by atoms with E-state index in [9.17, 15) is 5.11 Å². The molecule has 1 aliphatic rings. The van der Waals surface area contributed by atoms with Crippen LogP contribution in [0.2, 0.25) is 0 Å². The molecule has 2 heteroatoms. The molecular formula is C18H23NO. The van der Waals surface area contributed by atoms with E-state index in [1.165, 1.54) is 5.57 Å². The highest BCUT2D eigenvalue weighted by molar-refractivity contribution is 5.36. The Morgan fingerprint density at radius 3 is 2.85 bits per heavy atom. The van der Waals surface area contributed by atoms with Gasteiger partial charge in [0, 0.05) is 18.2 Å². The second kappa shape index (κ2) is 6.58. The van der Waals surface area contributed by atoms with Gasteiger partial charge in [0.25, 0.3) is 0 Å². The molecule has 0 saturated heterocycles. The molecule has 1 N–H and O–H groups in total. The number of nitrogens with zero attached hydrogens (tertiary/aromatic N) is 1. The molecule has 0 aliphatic heterocycles. The third-order valence-electron chi connectivity index (χ3n) is 3.81. The molecule has 2 rings (SSSR count). The Labute approximate surface area is 121 Å². The molecule has 0 spiro atoms. The molecule has 1 aliphatic carbocycles. The lowest BCUT2D eigenvalue weighted by Crippen LogP contribution is -2.29. The first-order valence-electron chi connectivity index (χ1n) is 7.10. The largest absolute Gasteiger partial charge is 0.508 e. The van der Waals surface area contributed by atoms with Gasteiger partial charge in [-0.15, -0.1) is 0 Å². The van der Waals surface area contributed by atoms with Crippen LogP contribution in [0.25, 0.3) is 0 Å². The number of aryl methyl sites for hydroxylation is 1. The molecule has 1 aromatic rings. The third-order valence-corrected chi connectivity index (χ3v) is 3.81. The van der Waals surface area contributed by atoms with Gasteiger partial charge in [-0.25, -0.2) is 0 Å². The molecule has 0 bridgehead atoms. The lowest BCUT2D eigenvalue weighted by atomic mass is 10.1. The fourth-order valence-corrected chi connectivity index (χ4v) is 2.34. The summed E-state index contributed by atoms with van der Waals surface area (Å²) in [6, 6.07) is 6.18. The summed E-state index contributed by atoms with van der Waals surface area (Å²) in [7, 11) is 2.09. The summed E-state index contributed by atoms with van der Waals surface area (Å²) in [5.74, 6) is 0.384. The lowest BCUT2D eigenvalue weighted by molar-refractivity contribution is 0.277. The normalized spacial score (nSPS) is 16.1. The van der Waals surface area contributed by atoms with Crippen LogP contribution in [0.3, 0.4) is 0 Å². The number of benzene rings is 1. The van der Waals surface area contributed by atoms with Crippen molar-refractivity contribution < 1.29 is 5.11 Å². The number of phenolic OH excluding ortho intramolecular Hbond substituents is 1. The van der Waals surface area contributed by atoms with Crippen molar-refractivity contribution in [1.29, 1.82) is 0 Å². The van der Waals surface area contributed by atoms with Crippen LogP contribution in [-0.2, 0) is 6.54 Å². The maximum absolute atomic E-state index is 10.0. The topological polar surface area (TPSA) is 23.5 Å². The SMILES string of the molecule is Cc1ccc(CN(C)C(C)C2=CC=CCC=C2)c(O)c1. The van der Waals surface area contributed by atoms with Crippen LogP contribution in [0.5, 0.6) is 5.75 Å². The van der Waals surface area contributed by atoms with Crippen molar-refractivity contribution in [2.45, 2.75) is 32.9 Å². The van der Waals surface area contributed by atoms with Gasteiger partial charge in [-0.2, -0.15) is 0 Å². The minimum atomic E-state index is 0.315. The minimum absolute atomic E-state index is 0.315. The van der Waals surface area contributed by atoms with E-state index in [1.54, 1.807) is 0 Å². The summed E-state index contributed by atoms with van der Waals surface area (Å²) >= 11 is 0. The maximum Gasteiger partial charge on any atom is 0.120 e. The van der Waals surface area contributed by atoms with Crippen LogP contribution in [0.4, 0.5) is 0 Å². The van der Waals surface area contributed by atoms with Crippen LogP contribution in [0, 0.1) is 6.92 Å². The molecule has 2 nitrogen and oxygen atoms in total. The average molecular weight is 269 g/mol. The average Bonchev–Trinajstić information content (AvgIpc) is 2.70. The van der Waals surface area contributed by atoms with Gasteiger partial charge in [0.05, 0.1) is 0 Å². The van der Waals surface area contributed by atoms with Crippen molar-refractivity contribution in [3.8, 4) is 5.75 Å². The summed E-state index contributed by atoms with van der Waals surface area (Å²) in [5, 5.41) is 10.0. The lowest BCUT2D eigenvalue weighted by Gasteiger charge is -2.26. The number of hydrogen-bond donors (Lipinski definition) is 1. The molecule has 1 unspecified atom stereocenters. The van der Waals surface area contributed by atoms with E-state index in [4.69, 9.17) is 0 Å². The quantitative estimate of drug-likeness (QED) is 0.894. The molecule has 0 saturated carbocycles. The highest BCUT2D eigenvalue weighted by atomic mass is 16.3. The smallest absolute Gasteiger partial charge is 0.120 e. The number of phenols is 1. The Kier molecular flexibility index (Phi) is 4.80. The molecule has 0 fully saturated rings. The van der Waals surface area contributed by atoms with E-state index in [0.717, 1.165) is 24.1 Å². The number of rotatable bonds is 4. The zero-order valence-electron chi connectivity index (χ0n) is 12.5. The number of likely N-dealkylation sites (N-methyl/N-ethyl adjacent to an activating group) is 1. The highest BCUT2D eigenvalue weighted by Crippen LogP contribution is 2.22. The van der Waals surface area contributed by atoms with Crippen molar-refractivity contribution in [3.63, 3.8) is 0 Å². The van der Waals surface area contributed by atoms with Crippen LogP contribution in [0.15, 0.2) is 54.2 Å². The Morgan fingerprint density at radius 2 is 2.10 bits per heavy atom. The van der Waals surface area contributed by atoms with Gasteiger partial charge < -0.3 is 5.11 Å². The molecule has 1 atom stereocenters. The van der Waals surface area contributed by atoms with Gasteiger partial charge in [-0.1, -0.05) is 42.5 Å². The summed E-state index contributed by atoms with van der Waals surface area (Å²) in [6.07, 6.45) is 11.8. The Hall–Kier alpha value is -1.80. The second-order valence-electron chi connectivity index (χ2n) is 5.46. The summed E-state index contributed by atoms with van der Waals surface area (Å²) in [4.78, 5) is 2.25. The highest BCUT2D eigenvalue weighted by Gasteiger charge is 2.14. The van der Waals surface area contributed by atoms with E-state index >= 15 is 0 Å². The summed E-state index contributed by atoms with van der Waals surface area (Å²) in [5.41, 5.74) is 3.35. The Morgan fingerprint density at radius 1 is 1.30 bits per heavy atom. The molecular weight excluding hydrogens is 246 g/mol. The number of hydrogen-bond acceptors (Lipinski definition) is 2. The zero-order valence-corrected chi connectivity index (χ0v) is 12.5. The van der Waals surface area contributed by atoms with Crippen LogP contribution in [-0.4, -0.2) is 23.1 Å². The van der Waals surface area contributed by atoms with E-state index < -0.39 is 0 Å². The molecule has 106 valence electrons. The summed E-state index contributed by atoms with van der Waals surface area (Å²) < 4.78 is 0. The second-order valence-corrected chi connectivity index (χ2v) is 5.46. The maximum atomic E-state index is 10.0. The zero-order chi connectivity index (χ0) is 14.5. The van der Waals surface area contributed by atoms with Gasteiger partial charge >= 0.3 is 0 Å². The number of allylic oxidation sites excluding steroid dienone is 4. The third kappa shape index (κ3) is 3.61. The van der Waals surface area contributed by atoms with Crippen molar-refractivity contribution >= 4 is 0 Å². The van der Waals surface area contributed by atoms with E-state index in [0.29, 0.717) is 11.8 Å². The van der Waals surface area contributed by atoms with Crippen LogP contribution < -0.4 is 0 Å². The molecule has 1 aromatic carbocycles. The van der Waals surface area contributed by atoms with Crippen LogP contribution in [0.1, 0.15) is 24.5 Å². The van der Waals surface area contributed by atoms with Crippen molar-refractivity contribution in [2.75, 3.05) is 7.05 Å². The molecule has 0 amide bonds. The van der Waals surface area contributed by atoms with Crippen molar-refractivity contribution in [2.24, 2.45) is 0 Å². The van der Waals surface area contributed by atoms with Crippen molar-refractivity contribution in [3.05, 3.63) is 65.3 Å². The predicted octanol–water partition coefficient (Wildman–Crippen LogP) is 3.96. The Bertz CT molecular complexity index is 555. The molecule has 0 aromatic heterocycles. The van der Waals surface area contributed by atoms with E-state index in [2.05, 4.69) is 49.3 Å². The van der Waals surface area contributed by atoms with Crippen molar-refractivity contribution in [1.82, 2.24) is 4.90 Å². The predicted molar refractivity (Wildman–Crippen MR) is 84.8 cm³/mol. The monoisotopic (exact) mass is 269 g/mol. The van der Waals surface area contributed by atoms with Gasteiger partial charge in [-0.3, -0.25) is 4.90 Å². The first-order valence-corrected chi connectivity index (χ1v) is 7.10. The van der Waals surface area contributed by atoms with Gasteiger partial charge in [0.1, 0.15) is 5.75 Å². The molecule has 0 radical (unpaired) electrons. The van der Waals surface area contributed by atoms with E-state index in [-0.39, 0.29) is 0 Å². The number of aromatic hydroxyl groups is 1. The first kappa shape index (κ1) is 14.6. The summed E-state index contributed by atoms with van der Waals surface area (Å²) in [6.45, 7) is 4.92. The first-order chi connectivity index (χ1) is 9.58. The van der Waals surface area contributed by atoms with Crippen LogP contribution >= 0.6 is 0 Å². The molecule has 20 heavy (non-hydrogen) atoms. The van der Waals surface area contributed by atoms with Gasteiger partial charge in [0.2, 0.25) is 0 Å². The minimum Gasteiger partial charge on any atom is -0.508 e. The standard InChI is InChI=1S/C18H23NO/c1-14-10-11-17(18(20)12-14)13-19(3)15(2)16-8-6-4-5-7-9-16/h4,6-12,15,20H,5,13H2,1-3H3. The van der Waals surface area contributed by atoms with Gasteiger partial charge in [0.15, 0.2) is 0 Å². The Balaban J connectivity index is 2.09. The fraction of sp³-hybridized carbons (Fsp3) is 0.333.